The molecule has 2 N–H and O–H groups in total. The van der Waals surface area contributed by atoms with Crippen molar-refractivity contribution in [2.45, 2.75) is 19.3 Å². The van der Waals surface area contributed by atoms with Gasteiger partial charge in [-0.3, -0.25) is 4.98 Å². The van der Waals surface area contributed by atoms with Crippen molar-refractivity contribution in [1.82, 2.24) is 9.71 Å². The van der Waals surface area contributed by atoms with E-state index in [0.29, 0.717) is 13.0 Å². The first kappa shape index (κ1) is 13.5. The molecule has 100 valence electrons. The third kappa shape index (κ3) is 3.76. The number of hydrogen-bond donors (Lipinski definition) is 2. The van der Waals surface area contributed by atoms with E-state index < -0.39 is 10.0 Å². The molecule has 1 aromatic rings. The number of aryl methyl sites for hydroxylation is 1. The highest BCUT2D eigenvalue weighted by molar-refractivity contribution is 7.89. The van der Waals surface area contributed by atoms with Gasteiger partial charge in [0.05, 0.1) is 5.75 Å². The van der Waals surface area contributed by atoms with Crippen LogP contribution in [0.2, 0.25) is 0 Å². The van der Waals surface area contributed by atoms with E-state index in [1.807, 2.05) is 12.1 Å². The van der Waals surface area contributed by atoms with Crippen molar-refractivity contribution in [3.63, 3.8) is 0 Å². The van der Waals surface area contributed by atoms with Crippen molar-refractivity contribution in [1.29, 1.82) is 0 Å². The Balaban J connectivity index is 1.81. The normalized spacial score (nSPS) is 17.6. The fourth-order valence-corrected chi connectivity index (χ4v) is 2.88. The molecule has 0 amide bonds. The highest BCUT2D eigenvalue weighted by Gasteiger charge is 2.42. The Labute approximate surface area is 107 Å². The molecule has 0 radical (unpaired) electrons. The van der Waals surface area contributed by atoms with E-state index in [0.717, 1.165) is 18.4 Å². The number of nitrogens with one attached hydrogen (secondary N) is 1. The first-order chi connectivity index (χ1) is 8.55. The molecule has 0 saturated heterocycles. The zero-order valence-corrected chi connectivity index (χ0v) is 11.0. The van der Waals surface area contributed by atoms with E-state index in [-0.39, 0.29) is 17.8 Å². The lowest BCUT2D eigenvalue weighted by molar-refractivity contribution is 0.213. The van der Waals surface area contributed by atoms with E-state index in [1.165, 1.54) is 0 Å². The van der Waals surface area contributed by atoms with Gasteiger partial charge in [0.2, 0.25) is 10.0 Å². The Hall–Kier alpha value is -0.980. The zero-order chi connectivity index (χ0) is 13.1. The summed E-state index contributed by atoms with van der Waals surface area (Å²) < 4.78 is 26.2. The zero-order valence-electron chi connectivity index (χ0n) is 10.2. The molecular formula is C12H18N2O3S. The Morgan fingerprint density at radius 3 is 2.56 bits per heavy atom. The molecule has 0 unspecified atom stereocenters. The molecule has 18 heavy (non-hydrogen) atoms. The maximum Gasteiger partial charge on any atom is 0.211 e. The molecule has 1 aromatic heterocycles. The van der Waals surface area contributed by atoms with Crippen LogP contribution in [0.25, 0.3) is 0 Å². The van der Waals surface area contributed by atoms with Crippen LogP contribution in [0.15, 0.2) is 24.5 Å². The van der Waals surface area contributed by atoms with Crippen LogP contribution in [0.3, 0.4) is 0 Å². The maximum absolute atomic E-state index is 11.8. The number of hydrogen-bond acceptors (Lipinski definition) is 4. The molecule has 5 nitrogen and oxygen atoms in total. The van der Waals surface area contributed by atoms with E-state index in [1.54, 1.807) is 12.4 Å². The quantitative estimate of drug-likeness (QED) is 0.747. The van der Waals surface area contributed by atoms with Gasteiger partial charge in [-0.15, -0.1) is 0 Å². The molecular weight excluding hydrogens is 252 g/mol. The monoisotopic (exact) mass is 270 g/mol. The van der Waals surface area contributed by atoms with Gasteiger partial charge in [0, 0.05) is 31.0 Å². The van der Waals surface area contributed by atoms with E-state index >= 15 is 0 Å². The lowest BCUT2D eigenvalue weighted by atomic mass is 10.1. The molecule has 0 aliphatic heterocycles. The van der Waals surface area contributed by atoms with Crippen molar-refractivity contribution >= 4 is 10.0 Å². The molecule has 0 atom stereocenters. The van der Waals surface area contributed by atoms with Crippen LogP contribution in [0.1, 0.15) is 18.4 Å². The van der Waals surface area contributed by atoms with Crippen molar-refractivity contribution in [2.24, 2.45) is 5.41 Å². The molecule has 6 heteroatoms. The van der Waals surface area contributed by atoms with Crippen molar-refractivity contribution in [3.05, 3.63) is 30.1 Å². The summed E-state index contributed by atoms with van der Waals surface area (Å²) in [6.07, 6.45) is 5.58. The Kier molecular flexibility index (Phi) is 3.99. The molecule has 1 heterocycles. The van der Waals surface area contributed by atoms with E-state index in [4.69, 9.17) is 5.11 Å². The summed E-state index contributed by atoms with van der Waals surface area (Å²) in [6.45, 7) is 0.405. The minimum atomic E-state index is -3.26. The number of sulfonamides is 1. The summed E-state index contributed by atoms with van der Waals surface area (Å²) >= 11 is 0. The number of pyridine rings is 1. The molecule has 0 spiro atoms. The average Bonchev–Trinajstić information content (AvgIpc) is 3.17. The van der Waals surface area contributed by atoms with Gasteiger partial charge in [0.25, 0.3) is 0 Å². The van der Waals surface area contributed by atoms with Crippen LogP contribution in [0.4, 0.5) is 0 Å². The fourth-order valence-electron chi connectivity index (χ4n) is 1.70. The van der Waals surface area contributed by atoms with Gasteiger partial charge in [-0.05, 0) is 37.0 Å². The van der Waals surface area contributed by atoms with Gasteiger partial charge in [0.1, 0.15) is 0 Å². The SMILES string of the molecule is O=S(=O)(CCc1ccncc1)NCC1(CO)CC1. The predicted octanol–water partition coefficient (Wildman–Crippen LogP) is 0.316. The number of aliphatic hydroxyl groups is 1. The summed E-state index contributed by atoms with van der Waals surface area (Å²) in [5, 5.41) is 9.12. The second-order valence-electron chi connectivity index (χ2n) is 4.90. The third-order valence-corrected chi connectivity index (χ3v) is 4.69. The van der Waals surface area contributed by atoms with E-state index in [2.05, 4.69) is 9.71 Å². The molecule has 2 rings (SSSR count). The molecule has 0 aromatic carbocycles. The maximum atomic E-state index is 11.8. The highest BCUT2D eigenvalue weighted by atomic mass is 32.2. The van der Waals surface area contributed by atoms with Crippen LogP contribution in [-0.4, -0.2) is 37.4 Å². The van der Waals surface area contributed by atoms with Crippen molar-refractivity contribution < 1.29 is 13.5 Å². The van der Waals surface area contributed by atoms with Crippen molar-refractivity contribution in [3.8, 4) is 0 Å². The molecule has 1 aliphatic rings. The second-order valence-corrected chi connectivity index (χ2v) is 6.83. The van der Waals surface area contributed by atoms with Gasteiger partial charge >= 0.3 is 0 Å². The topological polar surface area (TPSA) is 79.3 Å². The minimum absolute atomic E-state index is 0.0554. The summed E-state index contributed by atoms with van der Waals surface area (Å²) in [5.74, 6) is 0.0680. The number of aromatic nitrogens is 1. The first-order valence-corrected chi connectivity index (χ1v) is 7.68. The van der Waals surface area contributed by atoms with E-state index in [9.17, 15) is 8.42 Å². The molecule has 1 aliphatic carbocycles. The van der Waals surface area contributed by atoms with Crippen LogP contribution >= 0.6 is 0 Å². The van der Waals surface area contributed by atoms with Crippen LogP contribution in [-0.2, 0) is 16.4 Å². The summed E-state index contributed by atoms with van der Waals surface area (Å²) in [4.78, 5) is 3.88. The average molecular weight is 270 g/mol. The van der Waals surface area contributed by atoms with Gasteiger partial charge in [0.15, 0.2) is 0 Å². The first-order valence-electron chi connectivity index (χ1n) is 6.02. The second kappa shape index (κ2) is 5.34. The Bertz CT molecular complexity index is 483. The lowest BCUT2D eigenvalue weighted by Gasteiger charge is -2.13. The standard InChI is InChI=1S/C12H18N2O3S/c15-10-12(4-5-12)9-14-18(16,17)8-3-11-1-6-13-7-2-11/h1-2,6-7,14-15H,3-5,8-10H2. The number of nitrogens with zero attached hydrogens (tertiary/aromatic N) is 1. The van der Waals surface area contributed by atoms with Gasteiger partial charge in [-0.25, -0.2) is 13.1 Å². The Morgan fingerprint density at radius 1 is 1.33 bits per heavy atom. The fraction of sp³-hybridized carbons (Fsp3) is 0.583. The lowest BCUT2D eigenvalue weighted by Crippen LogP contribution is -2.34. The largest absolute Gasteiger partial charge is 0.396 e. The summed E-state index contributed by atoms with van der Waals surface area (Å²) in [6, 6.07) is 3.62. The Morgan fingerprint density at radius 2 is 2.00 bits per heavy atom. The van der Waals surface area contributed by atoms with Crippen LogP contribution < -0.4 is 4.72 Å². The summed E-state index contributed by atoms with van der Waals surface area (Å²) in [5.41, 5.74) is 0.766. The van der Waals surface area contributed by atoms with Gasteiger partial charge in [-0.2, -0.15) is 0 Å². The van der Waals surface area contributed by atoms with Crippen LogP contribution in [0, 0.1) is 5.41 Å². The highest BCUT2D eigenvalue weighted by Crippen LogP contribution is 2.44. The minimum Gasteiger partial charge on any atom is -0.396 e. The van der Waals surface area contributed by atoms with Gasteiger partial charge < -0.3 is 5.11 Å². The predicted molar refractivity (Wildman–Crippen MR) is 68.5 cm³/mol. The smallest absolute Gasteiger partial charge is 0.211 e. The van der Waals surface area contributed by atoms with Gasteiger partial charge in [-0.1, -0.05) is 0 Å². The van der Waals surface area contributed by atoms with Crippen LogP contribution in [0.5, 0.6) is 0 Å². The summed E-state index contributed by atoms with van der Waals surface area (Å²) in [7, 11) is -3.26. The third-order valence-electron chi connectivity index (χ3n) is 3.37. The van der Waals surface area contributed by atoms with Crippen molar-refractivity contribution in [2.75, 3.05) is 18.9 Å². The molecule has 1 fully saturated rings. The molecule has 1 saturated carbocycles. The number of aliphatic hydroxyl groups excluding tert-OH is 1. The number of rotatable bonds is 7. The molecule has 0 bridgehead atoms.